The highest BCUT2D eigenvalue weighted by Crippen LogP contribution is 2.33. The third kappa shape index (κ3) is 3.93. The number of H-pyrrole nitrogens is 1. The summed E-state index contributed by atoms with van der Waals surface area (Å²) >= 11 is 11.8. The summed E-state index contributed by atoms with van der Waals surface area (Å²) in [5.41, 5.74) is 1.13. The molecule has 0 radical (unpaired) electrons. The summed E-state index contributed by atoms with van der Waals surface area (Å²) in [5, 5.41) is 13.1. The molecule has 5 nitrogen and oxygen atoms in total. The maximum atomic E-state index is 13.3. The highest BCUT2D eigenvalue weighted by molar-refractivity contribution is 7.16. The van der Waals surface area contributed by atoms with Gasteiger partial charge in [-0.3, -0.25) is 4.79 Å². The van der Waals surface area contributed by atoms with E-state index in [-0.39, 0.29) is 16.9 Å². The predicted octanol–water partition coefficient (Wildman–Crippen LogP) is 4.91. The molecule has 2 unspecified atom stereocenters. The van der Waals surface area contributed by atoms with Gasteiger partial charge in [0.25, 0.3) is 0 Å². The zero-order chi connectivity index (χ0) is 19.7. The van der Waals surface area contributed by atoms with Crippen molar-refractivity contribution in [1.82, 2.24) is 4.98 Å². The van der Waals surface area contributed by atoms with Crippen LogP contribution in [0.15, 0.2) is 36.4 Å². The first-order chi connectivity index (χ1) is 12.8. The number of halogens is 3. The maximum Gasteiger partial charge on any atom is 0.352 e. The molecule has 2 atom stereocenters. The number of nitrogens with one attached hydrogen (secondary N) is 2. The molecule has 0 fully saturated rings. The summed E-state index contributed by atoms with van der Waals surface area (Å²) in [6.45, 7) is 0. The molecule has 140 valence electrons. The van der Waals surface area contributed by atoms with Crippen LogP contribution in [0.5, 0.6) is 0 Å². The van der Waals surface area contributed by atoms with E-state index in [1.807, 2.05) is 0 Å². The van der Waals surface area contributed by atoms with Crippen LogP contribution in [0.4, 0.5) is 10.1 Å². The van der Waals surface area contributed by atoms with Crippen molar-refractivity contribution in [3.8, 4) is 0 Å². The Balaban J connectivity index is 2.05. The molecule has 0 saturated carbocycles. The van der Waals surface area contributed by atoms with Crippen molar-refractivity contribution in [2.45, 2.75) is 5.92 Å². The Kier molecular flexibility index (Phi) is 5.70. The minimum absolute atomic E-state index is 0.0768. The Morgan fingerprint density at radius 3 is 2.59 bits per heavy atom. The third-order valence-corrected chi connectivity index (χ3v) is 5.10. The lowest BCUT2D eigenvalue weighted by atomic mass is 9.96. The van der Waals surface area contributed by atoms with Gasteiger partial charge in [0.05, 0.1) is 10.9 Å². The number of aromatic amines is 1. The number of aromatic nitrogens is 1. The van der Waals surface area contributed by atoms with Gasteiger partial charge in [0.2, 0.25) is 5.91 Å². The van der Waals surface area contributed by atoms with E-state index in [1.54, 1.807) is 18.2 Å². The number of benzene rings is 2. The van der Waals surface area contributed by atoms with Crippen LogP contribution in [-0.2, 0) is 4.79 Å². The SMILES string of the molecule is O=C(O)c1[nH]c2ccc(Cl)cc2c1C(CP)C(=O)Nc1ccc(F)c(Cl)c1. The van der Waals surface area contributed by atoms with Crippen molar-refractivity contribution in [3.05, 3.63) is 63.5 Å². The van der Waals surface area contributed by atoms with Crippen LogP contribution < -0.4 is 5.32 Å². The summed E-state index contributed by atoms with van der Waals surface area (Å²) in [7, 11) is 2.44. The van der Waals surface area contributed by atoms with Gasteiger partial charge in [-0.2, -0.15) is 0 Å². The minimum atomic E-state index is -1.18. The highest BCUT2D eigenvalue weighted by Gasteiger charge is 2.29. The summed E-state index contributed by atoms with van der Waals surface area (Å²) in [6.07, 6.45) is 0.264. The first-order valence-corrected chi connectivity index (χ1v) is 9.39. The molecule has 9 heteroatoms. The van der Waals surface area contributed by atoms with Gasteiger partial charge in [-0.25, -0.2) is 9.18 Å². The number of fused-ring (bicyclic) bond motifs is 1. The lowest BCUT2D eigenvalue weighted by Gasteiger charge is -2.16. The molecular formula is C18H14Cl2FN2O3P. The van der Waals surface area contributed by atoms with Crippen molar-refractivity contribution in [1.29, 1.82) is 0 Å². The predicted molar refractivity (Wildman–Crippen MR) is 108 cm³/mol. The fourth-order valence-electron chi connectivity index (χ4n) is 2.87. The number of hydrogen-bond acceptors (Lipinski definition) is 2. The molecule has 0 aliphatic carbocycles. The molecule has 0 aliphatic heterocycles. The van der Waals surface area contributed by atoms with Crippen LogP contribution in [0.25, 0.3) is 10.9 Å². The van der Waals surface area contributed by atoms with Gasteiger partial charge >= 0.3 is 5.97 Å². The Morgan fingerprint density at radius 2 is 1.96 bits per heavy atom. The monoisotopic (exact) mass is 426 g/mol. The van der Waals surface area contributed by atoms with Gasteiger partial charge in [0, 0.05) is 27.2 Å². The van der Waals surface area contributed by atoms with Gasteiger partial charge in [0.15, 0.2) is 0 Å². The van der Waals surface area contributed by atoms with Crippen molar-refractivity contribution in [3.63, 3.8) is 0 Å². The molecule has 3 N–H and O–H groups in total. The van der Waals surface area contributed by atoms with E-state index >= 15 is 0 Å². The first-order valence-electron chi connectivity index (χ1n) is 7.82. The zero-order valence-corrected chi connectivity index (χ0v) is 16.4. The number of aromatic carboxylic acids is 1. The topological polar surface area (TPSA) is 82.2 Å². The second-order valence-electron chi connectivity index (χ2n) is 5.82. The van der Waals surface area contributed by atoms with Gasteiger partial charge in [-0.05, 0) is 42.6 Å². The fraction of sp³-hybridized carbons (Fsp3) is 0.111. The van der Waals surface area contributed by atoms with Crippen LogP contribution in [0.3, 0.4) is 0 Å². The van der Waals surface area contributed by atoms with Crippen molar-refractivity contribution in [2.75, 3.05) is 11.5 Å². The smallest absolute Gasteiger partial charge is 0.352 e. The molecule has 3 rings (SSSR count). The van der Waals surface area contributed by atoms with Crippen molar-refractivity contribution < 1.29 is 19.1 Å². The Bertz CT molecular complexity index is 1050. The Hall–Kier alpha value is -2.14. The quantitative estimate of drug-likeness (QED) is 0.506. The van der Waals surface area contributed by atoms with Crippen LogP contribution >= 0.6 is 32.4 Å². The van der Waals surface area contributed by atoms with Crippen LogP contribution in [0.2, 0.25) is 10.0 Å². The standard InChI is InChI=1S/C18H14Cl2FN2O3P/c19-8-1-4-14-10(5-8)15(16(23-14)18(25)26)11(7-27)17(24)22-9-2-3-13(21)12(20)6-9/h1-6,11,23H,7,27H2,(H,22,24)(H,25,26). The Labute approximate surface area is 166 Å². The molecular weight excluding hydrogens is 413 g/mol. The summed E-state index contributed by atoms with van der Waals surface area (Å²) in [5.74, 6) is -3.02. The molecule has 27 heavy (non-hydrogen) atoms. The number of carbonyl (C=O) groups is 2. The van der Waals surface area contributed by atoms with Crippen LogP contribution in [-0.4, -0.2) is 28.1 Å². The molecule has 0 bridgehead atoms. The fourth-order valence-corrected chi connectivity index (χ4v) is 3.68. The second kappa shape index (κ2) is 7.85. The molecule has 2 aromatic carbocycles. The van der Waals surface area contributed by atoms with E-state index in [0.717, 1.165) is 6.07 Å². The summed E-state index contributed by atoms with van der Waals surface area (Å²) < 4.78 is 13.3. The van der Waals surface area contributed by atoms with Crippen molar-refractivity contribution in [2.24, 2.45) is 0 Å². The van der Waals surface area contributed by atoms with E-state index in [2.05, 4.69) is 19.5 Å². The van der Waals surface area contributed by atoms with Gasteiger partial charge in [-0.1, -0.05) is 23.2 Å². The molecule has 1 amide bonds. The molecule has 0 saturated heterocycles. The molecule has 1 heterocycles. The average molecular weight is 427 g/mol. The molecule has 0 aliphatic rings. The minimum Gasteiger partial charge on any atom is -0.477 e. The number of carboxylic acid groups (broad SMARTS) is 1. The number of hydrogen-bond donors (Lipinski definition) is 3. The van der Waals surface area contributed by atoms with E-state index in [9.17, 15) is 19.1 Å². The van der Waals surface area contributed by atoms with Gasteiger partial charge in [-0.15, -0.1) is 9.24 Å². The molecule has 3 aromatic rings. The van der Waals surface area contributed by atoms with Gasteiger partial charge < -0.3 is 15.4 Å². The third-order valence-electron chi connectivity index (χ3n) is 4.10. The van der Waals surface area contributed by atoms with E-state index in [1.165, 1.54) is 12.1 Å². The van der Waals surface area contributed by atoms with Crippen molar-refractivity contribution >= 4 is 60.9 Å². The zero-order valence-electron chi connectivity index (χ0n) is 13.7. The second-order valence-corrected chi connectivity index (χ2v) is 7.13. The van der Waals surface area contributed by atoms with E-state index < -0.39 is 23.6 Å². The lowest BCUT2D eigenvalue weighted by Crippen LogP contribution is -2.24. The van der Waals surface area contributed by atoms with E-state index in [0.29, 0.717) is 27.2 Å². The molecule has 1 aromatic heterocycles. The number of anilines is 1. The van der Waals surface area contributed by atoms with E-state index in [4.69, 9.17) is 23.2 Å². The molecule has 0 spiro atoms. The summed E-state index contributed by atoms with van der Waals surface area (Å²) in [4.78, 5) is 27.4. The maximum absolute atomic E-state index is 13.3. The summed E-state index contributed by atoms with van der Waals surface area (Å²) in [6, 6.07) is 8.71. The van der Waals surface area contributed by atoms with Gasteiger partial charge in [0.1, 0.15) is 11.5 Å². The van der Waals surface area contributed by atoms with Crippen LogP contribution in [0, 0.1) is 5.82 Å². The lowest BCUT2D eigenvalue weighted by molar-refractivity contribution is -0.117. The average Bonchev–Trinajstić information content (AvgIpc) is 2.98. The number of carbonyl (C=O) groups excluding carboxylic acids is 1. The number of carboxylic acids is 1. The first kappa shape index (κ1) is 19.6. The number of amides is 1. The highest BCUT2D eigenvalue weighted by atomic mass is 35.5. The van der Waals surface area contributed by atoms with Crippen LogP contribution in [0.1, 0.15) is 22.0 Å². The Morgan fingerprint density at radius 1 is 1.22 bits per heavy atom. The normalized spacial score (nSPS) is 12.1. The largest absolute Gasteiger partial charge is 0.477 e. The number of rotatable bonds is 5.